The topological polar surface area (TPSA) is 84.5 Å². The van der Waals surface area contributed by atoms with Crippen molar-refractivity contribution < 1.29 is 22.3 Å². The van der Waals surface area contributed by atoms with Crippen molar-refractivity contribution in [2.24, 2.45) is 0 Å². The molecule has 0 aromatic heterocycles. The quantitative estimate of drug-likeness (QED) is 0.685. The van der Waals surface area contributed by atoms with Crippen molar-refractivity contribution in [2.75, 3.05) is 13.2 Å². The summed E-state index contributed by atoms with van der Waals surface area (Å²) < 4.78 is 45.3. The van der Waals surface area contributed by atoms with E-state index >= 15 is 0 Å². The summed E-state index contributed by atoms with van der Waals surface area (Å²) in [5, 5.41) is 2.68. The molecule has 0 saturated heterocycles. The monoisotopic (exact) mass is 394 g/mol. The van der Waals surface area contributed by atoms with E-state index in [1.165, 1.54) is 18.2 Å². The number of nitrogens with one attached hydrogen (secondary N) is 2. The molecule has 8 heteroatoms. The molecule has 0 bridgehead atoms. The first-order valence-electron chi connectivity index (χ1n) is 8.56. The molecule has 0 aliphatic rings. The zero-order chi connectivity index (χ0) is 19.9. The summed E-state index contributed by atoms with van der Waals surface area (Å²) in [7, 11) is -3.69. The van der Waals surface area contributed by atoms with Crippen molar-refractivity contribution in [1.29, 1.82) is 0 Å². The Bertz CT molecular complexity index is 883. The van der Waals surface area contributed by atoms with Crippen molar-refractivity contribution in [3.8, 4) is 5.75 Å². The molecule has 0 spiro atoms. The van der Waals surface area contributed by atoms with Crippen LogP contribution < -0.4 is 14.8 Å². The fourth-order valence-electron chi connectivity index (χ4n) is 2.37. The molecule has 0 radical (unpaired) electrons. The fourth-order valence-corrected chi connectivity index (χ4v) is 3.40. The van der Waals surface area contributed by atoms with Crippen LogP contribution in [-0.2, 0) is 21.4 Å². The number of halogens is 1. The van der Waals surface area contributed by atoms with Gasteiger partial charge in [0, 0.05) is 19.5 Å². The Kier molecular flexibility index (Phi) is 7.32. The van der Waals surface area contributed by atoms with Crippen LogP contribution in [0.4, 0.5) is 4.39 Å². The smallest absolute Gasteiger partial charge is 0.240 e. The largest absolute Gasteiger partial charge is 0.494 e. The predicted molar refractivity (Wildman–Crippen MR) is 100 cm³/mol. The van der Waals surface area contributed by atoms with Gasteiger partial charge in [-0.15, -0.1) is 0 Å². The van der Waals surface area contributed by atoms with Gasteiger partial charge in [-0.1, -0.05) is 12.1 Å². The predicted octanol–water partition coefficient (Wildman–Crippen LogP) is 2.52. The Morgan fingerprint density at radius 3 is 2.48 bits per heavy atom. The van der Waals surface area contributed by atoms with Gasteiger partial charge >= 0.3 is 0 Å². The third kappa shape index (κ3) is 6.33. The lowest BCUT2D eigenvalue weighted by atomic mass is 10.1. The SMILES string of the molecule is CCOc1ccc(S(=O)(=O)NCCC(=O)NCc2ccc(F)c(C)c2)cc1. The van der Waals surface area contributed by atoms with Crippen LogP contribution in [0.5, 0.6) is 5.75 Å². The normalized spacial score (nSPS) is 11.2. The Morgan fingerprint density at radius 1 is 1.15 bits per heavy atom. The molecule has 0 unspecified atom stereocenters. The van der Waals surface area contributed by atoms with Crippen LogP contribution in [0.15, 0.2) is 47.4 Å². The van der Waals surface area contributed by atoms with Crippen molar-refractivity contribution >= 4 is 15.9 Å². The van der Waals surface area contributed by atoms with Crippen LogP contribution in [0.25, 0.3) is 0 Å². The average Bonchev–Trinajstić information content (AvgIpc) is 2.63. The van der Waals surface area contributed by atoms with E-state index in [1.807, 2.05) is 6.92 Å². The van der Waals surface area contributed by atoms with Gasteiger partial charge in [0.05, 0.1) is 11.5 Å². The minimum atomic E-state index is -3.69. The number of aryl methyl sites for hydroxylation is 1. The highest BCUT2D eigenvalue weighted by Gasteiger charge is 2.14. The first kappa shape index (κ1) is 20.9. The van der Waals surface area contributed by atoms with E-state index < -0.39 is 10.0 Å². The third-order valence-corrected chi connectivity index (χ3v) is 5.28. The number of rotatable bonds is 9. The molecule has 6 nitrogen and oxygen atoms in total. The number of carbonyl (C=O) groups is 1. The van der Waals surface area contributed by atoms with E-state index in [0.29, 0.717) is 17.9 Å². The lowest BCUT2D eigenvalue weighted by Gasteiger charge is -2.09. The number of sulfonamides is 1. The number of amides is 1. The van der Waals surface area contributed by atoms with Gasteiger partial charge in [0.25, 0.3) is 0 Å². The Hall–Kier alpha value is -2.45. The number of carbonyl (C=O) groups excluding carboxylic acids is 1. The van der Waals surface area contributed by atoms with E-state index in [9.17, 15) is 17.6 Å². The van der Waals surface area contributed by atoms with Crippen molar-refractivity contribution in [2.45, 2.75) is 31.7 Å². The lowest BCUT2D eigenvalue weighted by Crippen LogP contribution is -2.30. The Morgan fingerprint density at radius 2 is 1.85 bits per heavy atom. The number of hydrogen-bond acceptors (Lipinski definition) is 4. The van der Waals surface area contributed by atoms with Crippen molar-refractivity contribution in [3.63, 3.8) is 0 Å². The van der Waals surface area contributed by atoms with E-state index in [1.54, 1.807) is 31.2 Å². The second-order valence-electron chi connectivity index (χ2n) is 5.91. The van der Waals surface area contributed by atoms with Crippen LogP contribution in [0.3, 0.4) is 0 Å². The van der Waals surface area contributed by atoms with Crippen LogP contribution in [0, 0.1) is 12.7 Å². The molecule has 27 heavy (non-hydrogen) atoms. The summed E-state index contributed by atoms with van der Waals surface area (Å²) in [6.45, 7) is 4.22. The van der Waals surface area contributed by atoms with Gasteiger partial charge in [-0.2, -0.15) is 0 Å². The lowest BCUT2D eigenvalue weighted by molar-refractivity contribution is -0.121. The first-order chi connectivity index (χ1) is 12.8. The highest BCUT2D eigenvalue weighted by molar-refractivity contribution is 7.89. The second-order valence-corrected chi connectivity index (χ2v) is 7.68. The number of ether oxygens (including phenoxy) is 1. The summed E-state index contributed by atoms with van der Waals surface area (Å²) in [4.78, 5) is 12.0. The van der Waals surface area contributed by atoms with E-state index in [-0.39, 0.29) is 36.1 Å². The maximum absolute atomic E-state index is 13.2. The zero-order valence-corrected chi connectivity index (χ0v) is 16.1. The molecule has 0 fully saturated rings. The standard InChI is InChI=1S/C19H23FN2O4S/c1-3-26-16-5-7-17(8-6-16)27(24,25)22-11-10-19(23)21-13-15-4-9-18(20)14(2)12-15/h4-9,12,22H,3,10-11,13H2,1-2H3,(H,21,23). The fraction of sp³-hybridized carbons (Fsp3) is 0.316. The zero-order valence-electron chi connectivity index (χ0n) is 15.3. The summed E-state index contributed by atoms with van der Waals surface area (Å²) in [5.41, 5.74) is 1.28. The molecule has 0 atom stereocenters. The van der Waals surface area contributed by atoms with Gasteiger partial charge in [0.15, 0.2) is 0 Å². The van der Waals surface area contributed by atoms with Gasteiger partial charge in [-0.3, -0.25) is 4.79 Å². The van der Waals surface area contributed by atoms with Gasteiger partial charge in [-0.05, 0) is 55.3 Å². The number of benzene rings is 2. The number of hydrogen-bond donors (Lipinski definition) is 2. The molecule has 2 aromatic carbocycles. The third-order valence-electron chi connectivity index (χ3n) is 3.80. The summed E-state index contributed by atoms with van der Waals surface area (Å²) in [5.74, 6) is -0.00741. The summed E-state index contributed by atoms with van der Waals surface area (Å²) in [6, 6.07) is 10.7. The molecule has 0 aliphatic carbocycles. The Labute approximate surface area is 158 Å². The molecular weight excluding hydrogens is 371 g/mol. The minimum absolute atomic E-state index is 0.00354. The van der Waals surface area contributed by atoms with Crippen LogP contribution in [0.1, 0.15) is 24.5 Å². The summed E-state index contributed by atoms with van der Waals surface area (Å²) >= 11 is 0. The molecule has 2 N–H and O–H groups in total. The van der Waals surface area contributed by atoms with Crippen LogP contribution in [-0.4, -0.2) is 27.5 Å². The highest BCUT2D eigenvalue weighted by atomic mass is 32.2. The maximum Gasteiger partial charge on any atom is 0.240 e. The molecule has 0 aliphatic heterocycles. The van der Waals surface area contributed by atoms with E-state index in [2.05, 4.69) is 10.0 Å². The summed E-state index contributed by atoms with van der Waals surface area (Å²) in [6.07, 6.45) is -0.00354. The molecule has 2 aromatic rings. The van der Waals surface area contributed by atoms with Crippen molar-refractivity contribution in [1.82, 2.24) is 10.0 Å². The van der Waals surface area contributed by atoms with Crippen LogP contribution in [0.2, 0.25) is 0 Å². The van der Waals surface area contributed by atoms with Crippen LogP contribution >= 0.6 is 0 Å². The van der Waals surface area contributed by atoms with E-state index in [0.717, 1.165) is 5.56 Å². The maximum atomic E-state index is 13.2. The van der Waals surface area contributed by atoms with Gasteiger partial charge in [0.2, 0.25) is 15.9 Å². The van der Waals surface area contributed by atoms with Gasteiger partial charge in [-0.25, -0.2) is 17.5 Å². The minimum Gasteiger partial charge on any atom is -0.494 e. The first-order valence-corrected chi connectivity index (χ1v) is 10.0. The molecule has 2 rings (SSSR count). The molecule has 146 valence electrons. The molecule has 1 amide bonds. The Balaban J connectivity index is 1.80. The van der Waals surface area contributed by atoms with Gasteiger partial charge < -0.3 is 10.1 Å². The highest BCUT2D eigenvalue weighted by Crippen LogP contribution is 2.15. The molecule has 0 heterocycles. The average molecular weight is 394 g/mol. The van der Waals surface area contributed by atoms with E-state index in [4.69, 9.17) is 4.74 Å². The molecule has 0 saturated carbocycles. The van der Waals surface area contributed by atoms with Crippen molar-refractivity contribution in [3.05, 3.63) is 59.4 Å². The molecular formula is C19H23FN2O4S. The second kappa shape index (κ2) is 9.48. The van der Waals surface area contributed by atoms with Gasteiger partial charge in [0.1, 0.15) is 11.6 Å².